The topological polar surface area (TPSA) is 45.7 Å². The van der Waals surface area contributed by atoms with E-state index in [4.69, 9.17) is 4.74 Å². The molecule has 0 saturated heterocycles. The number of halogens is 1. The largest absolute Gasteiger partial charge is 0.496 e. The molecule has 0 heterocycles. The van der Waals surface area contributed by atoms with E-state index in [9.17, 15) is 0 Å². The summed E-state index contributed by atoms with van der Waals surface area (Å²) in [6.45, 7) is 8.97. The van der Waals surface area contributed by atoms with Crippen LogP contribution in [0, 0.1) is 6.92 Å². The monoisotopic (exact) mass is 419 g/mol. The van der Waals surface area contributed by atoms with Crippen LogP contribution in [0.1, 0.15) is 37.8 Å². The molecule has 0 saturated carbocycles. The van der Waals surface area contributed by atoms with Crippen LogP contribution in [-0.2, 0) is 6.42 Å². The zero-order valence-electron chi connectivity index (χ0n) is 14.2. The van der Waals surface area contributed by atoms with Gasteiger partial charge in [0.05, 0.1) is 7.11 Å². The van der Waals surface area contributed by atoms with E-state index in [-0.39, 0.29) is 24.0 Å². The highest BCUT2D eigenvalue weighted by molar-refractivity contribution is 14.0. The minimum Gasteiger partial charge on any atom is -0.496 e. The second-order valence-corrected chi connectivity index (χ2v) is 5.11. The molecule has 0 bridgehead atoms. The van der Waals surface area contributed by atoms with E-state index in [1.807, 2.05) is 6.07 Å². The number of ether oxygens (including phenoxy) is 1. The Bertz CT molecular complexity index is 450. The van der Waals surface area contributed by atoms with Crippen LogP contribution in [-0.4, -0.2) is 32.7 Å². The van der Waals surface area contributed by atoms with Gasteiger partial charge >= 0.3 is 0 Å². The Balaban J connectivity index is 0.00000441. The van der Waals surface area contributed by atoms with Crippen LogP contribution in [0.25, 0.3) is 0 Å². The summed E-state index contributed by atoms with van der Waals surface area (Å²) in [6, 6.07) is 6.29. The minimum absolute atomic E-state index is 0. The van der Waals surface area contributed by atoms with E-state index in [1.54, 1.807) is 7.11 Å². The minimum atomic E-state index is 0. The van der Waals surface area contributed by atoms with E-state index in [2.05, 4.69) is 48.5 Å². The number of hydrogen-bond acceptors (Lipinski definition) is 2. The molecule has 0 unspecified atom stereocenters. The van der Waals surface area contributed by atoms with Crippen molar-refractivity contribution in [1.82, 2.24) is 10.6 Å². The highest BCUT2D eigenvalue weighted by Gasteiger charge is 2.04. The van der Waals surface area contributed by atoms with Gasteiger partial charge in [0.2, 0.25) is 0 Å². The molecule has 0 aliphatic heterocycles. The van der Waals surface area contributed by atoms with Gasteiger partial charge in [0.1, 0.15) is 5.75 Å². The molecule has 1 rings (SSSR count). The lowest BCUT2D eigenvalue weighted by Crippen LogP contribution is -2.38. The Morgan fingerprint density at radius 1 is 1.23 bits per heavy atom. The molecule has 0 amide bonds. The molecule has 0 radical (unpaired) electrons. The van der Waals surface area contributed by atoms with E-state index >= 15 is 0 Å². The Morgan fingerprint density at radius 2 is 2.00 bits per heavy atom. The van der Waals surface area contributed by atoms with Crippen molar-refractivity contribution in [2.45, 2.75) is 40.0 Å². The maximum absolute atomic E-state index is 5.41. The predicted octanol–water partition coefficient (Wildman–Crippen LogP) is 3.52. The van der Waals surface area contributed by atoms with Crippen molar-refractivity contribution < 1.29 is 4.74 Å². The molecule has 0 fully saturated rings. The van der Waals surface area contributed by atoms with E-state index < -0.39 is 0 Å². The van der Waals surface area contributed by atoms with E-state index in [0.29, 0.717) is 0 Å². The summed E-state index contributed by atoms with van der Waals surface area (Å²) in [5.41, 5.74) is 2.49. The Hall–Kier alpha value is -0.980. The van der Waals surface area contributed by atoms with Crippen LogP contribution in [0.4, 0.5) is 0 Å². The Kier molecular flexibility index (Phi) is 12.0. The third kappa shape index (κ3) is 7.87. The molecule has 0 aliphatic carbocycles. The van der Waals surface area contributed by atoms with Crippen molar-refractivity contribution in [3.8, 4) is 5.75 Å². The van der Waals surface area contributed by atoms with Crippen molar-refractivity contribution in [2.24, 2.45) is 4.99 Å². The molecule has 1 aromatic carbocycles. The summed E-state index contributed by atoms with van der Waals surface area (Å²) in [7, 11) is 1.72. The molecule has 2 N–H and O–H groups in total. The van der Waals surface area contributed by atoms with E-state index in [1.165, 1.54) is 17.5 Å². The van der Waals surface area contributed by atoms with Gasteiger partial charge in [0, 0.05) is 19.6 Å². The fourth-order valence-corrected chi connectivity index (χ4v) is 2.11. The summed E-state index contributed by atoms with van der Waals surface area (Å²) >= 11 is 0. The van der Waals surface area contributed by atoms with Crippen molar-refractivity contribution in [1.29, 1.82) is 0 Å². The van der Waals surface area contributed by atoms with Crippen LogP contribution in [0.5, 0.6) is 5.75 Å². The lowest BCUT2D eigenvalue weighted by atomic mass is 10.1. The molecular weight excluding hydrogens is 389 g/mol. The predicted molar refractivity (Wildman–Crippen MR) is 106 cm³/mol. The zero-order valence-corrected chi connectivity index (χ0v) is 16.6. The molecule has 22 heavy (non-hydrogen) atoms. The smallest absolute Gasteiger partial charge is 0.191 e. The molecule has 1 aromatic rings. The molecule has 4 nitrogen and oxygen atoms in total. The second kappa shape index (κ2) is 12.6. The van der Waals surface area contributed by atoms with Crippen LogP contribution in [0.2, 0.25) is 0 Å². The van der Waals surface area contributed by atoms with Crippen LogP contribution in [0.15, 0.2) is 23.2 Å². The Labute approximate surface area is 152 Å². The lowest BCUT2D eigenvalue weighted by molar-refractivity contribution is 0.409. The average molecular weight is 419 g/mol. The quantitative estimate of drug-likeness (QED) is 0.293. The molecule has 0 spiro atoms. The van der Waals surface area contributed by atoms with Crippen molar-refractivity contribution >= 4 is 29.9 Å². The molecule has 0 aromatic heterocycles. The molecule has 0 atom stereocenters. The normalized spacial score (nSPS) is 10.8. The molecule has 5 heteroatoms. The number of aryl methyl sites for hydroxylation is 1. The highest BCUT2D eigenvalue weighted by Crippen LogP contribution is 2.19. The number of nitrogens with one attached hydrogen (secondary N) is 2. The van der Waals surface area contributed by atoms with Gasteiger partial charge in [0.25, 0.3) is 0 Å². The number of benzene rings is 1. The summed E-state index contributed by atoms with van der Waals surface area (Å²) in [6.07, 6.45) is 3.22. The first kappa shape index (κ1) is 21.0. The lowest BCUT2D eigenvalue weighted by Gasteiger charge is -2.13. The number of rotatable bonds is 8. The zero-order chi connectivity index (χ0) is 15.5. The maximum Gasteiger partial charge on any atom is 0.191 e. The third-order valence-electron chi connectivity index (χ3n) is 3.25. The number of nitrogens with zero attached hydrogens (tertiary/aromatic N) is 1. The summed E-state index contributed by atoms with van der Waals surface area (Å²) < 4.78 is 5.41. The summed E-state index contributed by atoms with van der Waals surface area (Å²) in [4.78, 5) is 4.56. The number of aliphatic imine (C=N–C) groups is 1. The van der Waals surface area contributed by atoms with Gasteiger partial charge in [-0.15, -0.1) is 24.0 Å². The van der Waals surface area contributed by atoms with Gasteiger partial charge in [-0.3, -0.25) is 4.99 Å². The van der Waals surface area contributed by atoms with Crippen molar-refractivity contribution in [3.63, 3.8) is 0 Å². The molecule has 126 valence electrons. The molecule has 0 aliphatic rings. The fourth-order valence-electron chi connectivity index (χ4n) is 2.11. The highest BCUT2D eigenvalue weighted by atomic mass is 127. The standard InChI is InChI=1S/C17H29N3O.HI/c1-5-7-11-19-17(18-6-2)20-12-10-15-13-14(3)8-9-16(15)21-4;/h8-9,13H,5-7,10-12H2,1-4H3,(H2,18,19,20);1H. The van der Waals surface area contributed by atoms with Crippen molar-refractivity contribution in [2.75, 3.05) is 26.7 Å². The van der Waals surface area contributed by atoms with Crippen LogP contribution >= 0.6 is 24.0 Å². The van der Waals surface area contributed by atoms with Gasteiger partial charge in [0.15, 0.2) is 5.96 Å². The van der Waals surface area contributed by atoms with Gasteiger partial charge in [-0.2, -0.15) is 0 Å². The third-order valence-corrected chi connectivity index (χ3v) is 3.25. The second-order valence-electron chi connectivity index (χ2n) is 5.11. The van der Waals surface area contributed by atoms with Crippen LogP contribution < -0.4 is 15.4 Å². The van der Waals surface area contributed by atoms with Gasteiger partial charge in [-0.1, -0.05) is 31.0 Å². The van der Waals surface area contributed by atoms with Gasteiger partial charge in [-0.05, 0) is 38.3 Å². The fraction of sp³-hybridized carbons (Fsp3) is 0.588. The Morgan fingerprint density at radius 3 is 2.64 bits per heavy atom. The maximum atomic E-state index is 5.41. The van der Waals surface area contributed by atoms with Crippen LogP contribution in [0.3, 0.4) is 0 Å². The summed E-state index contributed by atoms with van der Waals surface area (Å²) in [5.74, 6) is 1.85. The number of unbranched alkanes of at least 4 members (excludes halogenated alkanes) is 1. The number of guanidine groups is 1. The van der Waals surface area contributed by atoms with Gasteiger partial charge < -0.3 is 15.4 Å². The number of methoxy groups -OCH3 is 1. The van der Waals surface area contributed by atoms with Gasteiger partial charge in [-0.25, -0.2) is 0 Å². The summed E-state index contributed by atoms with van der Waals surface area (Å²) in [5, 5.41) is 6.66. The molecular formula is C17H30IN3O. The SMILES string of the molecule is CCCCN=C(NCC)NCCc1cc(C)ccc1OC.I. The first-order valence-corrected chi connectivity index (χ1v) is 7.87. The average Bonchev–Trinajstić information content (AvgIpc) is 2.48. The number of hydrogen-bond donors (Lipinski definition) is 2. The first-order valence-electron chi connectivity index (χ1n) is 7.87. The van der Waals surface area contributed by atoms with E-state index in [0.717, 1.165) is 44.2 Å². The van der Waals surface area contributed by atoms with Crippen molar-refractivity contribution in [3.05, 3.63) is 29.3 Å². The first-order chi connectivity index (χ1) is 10.2.